The molecule has 1 N–H and O–H groups in total. The zero-order chi connectivity index (χ0) is 30.9. The van der Waals surface area contributed by atoms with E-state index >= 15 is 0 Å². The normalized spacial score (nSPS) is 21.7. The molecule has 0 aliphatic carbocycles. The van der Waals surface area contributed by atoms with E-state index in [1.807, 2.05) is 66.4 Å². The third kappa shape index (κ3) is 5.18. The molecule has 0 saturated carbocycles. The molecule has 2 fully saturated rings. The molecule has 3 amide bonds. The predicted octanol–water partition coefficient (Wildman–Crippen LogP) is 4.75. The first kappa shape index (κ1) is 30.3. The molecule has 2 heterocycles. The van der Waals surface area contributed by atoms with Gasteiger partial charge in [0.1, 0.15) is 11.6 Å². The van der Waals surface area contributed by atoms with Gasteiger partial charge in [-0.3, -0.25) is 9.69 Å². The van der Waals surface area contributed by atoms with Crippen molar-refractivity contribution in [1.29, 1.82) is 0 Å². The van der Waals surface area contributed by atoms with Gasteiger partial charge in [0.2, 0.25) is 5.91 Å². The highest BCUT2D eigenvalue weighted by Crippen LogP contribution is 2.48. The van der Waals surface area contributed by atoms with E-state index < -0.39 is 17.0 Å². The van der Waals surface area contributed by atoms with Crippen molar-refractivity contribution in [2.24, 2.45) is 5.92 Å². The van der Waals surface area contributed by atoms with Crippen LogP contribution in [0.5, 0.6) is 0 Å². The molecule has 43 heavy (non-hydrogen) atoms. The fraction of sp³-hybridized carbons (Fsp3) is 0.400. The molecule has 5 rings (SSSR count). The van der Waals surface area contributed by atoms with Crippen LogP contribution in [0.4, 0.5) is 4.79 Å². The summed E-state index contributed by atoms with van der Waals surface area (Å²) in [4.78, 5) is 46.9. The summed E-state index contributed by atoms with van der Waals surface area (Å²) < 4.78 is 0. The Kier molecular flexibility index (Phi) is 8.34. The van der Waals surface area contributed by atoms with Crippen LogP contribution in [0, 0.1) is 5.92 Å². The summed E-state index contributed by atoms with van der Waals surface area (Å²) in [6.07, 6.45) is 0. The molecule has 226 valence electrons. The van der Waals surface area contributed by atoms with Crippen molar-refractivity contribution < 1.29 is 19.5 Å². The number of carboxylic acid groups (broad SMARTS) is 1. The Morgan fingerprint density at radius 3 is 1.67 bits per heavy atom. The molecular formula is C35H42N4O4. The number of carboxylic acids is 1. The summed E-state index contributed by atoms with van der Waals surface area (Å²) >= 11 is 0. The molecule has 3 unspecified atom stereocenters. The fourth-order valence-corrected chi connectivity index (χ4v) is 6.60. The molecule has 0 aromatic heterocycles. The van der Waals surface area contributed by atoms with Gasteiger partial charge in [-0.2, -0.15) is 0 Å². The molecule has 8 heteroatoms. The van der Waals surface area contributed by atoms with Gasteiger partial charge in [0.25, 0.3) is 0 Å². The SMILES string of the molecule is CC(C)C(C)(C(=O)O)N(C)C(=O)N1CCN(C(=O)C2CN2C(c2ccccc2)(c2ccccc2)c2ccccc2)[C@H](C)C1. The predicted molar refractivity (Wildman–Crippen MR) is 166 cm³/mol. The lowest BCUT2D eigenvalue weighted by atomic mass is 9.76. The van der Waals surface area contributed by atoms with Crippen molar-refractivity contribution in [3.05, 3.63) is 108 Å². The zero-order valence-electron chi connectivity index (χ0n) is 25.7. The minimum absolute atomic E-state index is 0.0534. The summed E-state index contributed by atoms with van der Waals surface area (Å²) in [5.74, 6) is -1.26. The van der Waals surface area contributed by atoms with Gasteiger partial charge in [-0.1, -0.05) is 105 Å². The van der Waals surface area contributed by atoms with Gasteiger partial charge in [0.15, 0.2) is 0 Å². The smallest absolute Gasteiger partial charge is 0.329 e. The number of carbonyl (C=O) groups excluding carboxylic acids is 2. The van der Waals surface area contributed by atoms with Crippen LogP contribution >= 0.6 is 0 Å². The molecule has 2 saturated heterocycles. The average Bonchev–Trinajstić information content (AvgIpc) is 3.82. The zero-order valence-corrected chi connectivity index (χ0v) is 25.7. The molecular weight excluding hydrogens is 540 g/mol. The van der Waals surface area contributed by atoms with E-state index in [0.717, 1.165) is 16.7 Å². The number of hydrogen-bond acceptors (Lipinski definition) is 4. The van der Waals surface area contributed by atoms with Gasteiger partial charge >= 0.3 is 12.0 Å². The van der Waals surface area contributed by atoms with Crippen LogP contribution < -0.4 is 0 Å². The highest BCUT2D eigenvalue weighted by atomic mass is 16.4. The second kappa shape index (κ2) is 11.8. The Bertz CT molecular complexity index is 1350. The summed E-state index contributed by atoms with van der Waals surface area (Å²) in [6.45, 7) is 8.85. The van der Waals surface area contributed by atoms with Gasteiger partial charge in [0.05, 0.1) is 5.54 Å². The maximum atomic E-state index is 14.2. The number of carbonyl (C=O) groups is 3. The minimum Gasteiger partial charge on any atom is -0.479 e. The Balaban J connectivity index is 1.40. The Hall–Kier alpha value is -4.17. The molecule has 0 bridgehead atoms. The van der Waals surface area contributed by atoms with Crippen molar-refractivity contribution >= 4 is 17.9 Å². The first-order valence-corrected chi connectivity index (χ1v) is 15.0. The monoisotopic (exact) mass is 582 g/mol. The maximum absolute atomic E-state index is 14.2. The standard InChI is InChI=1S/C35H42N4O4/c1-25(2)34(4,32(41)42)36(5)33(43)37-21-22-38(26(3)23-37)31(40)30-24-39(30)35(27-15-9-6-10-16-27,28-17-11-7-12-18-28)29-19-13-8-14-20-29/h6-20,25-26,30H,21-24H2,1-5H3,(H,41,42)/t26-,30?,34?,39?/m1/s1. The van der Waals surface area contributed by atoms with Crippen LogP contribution in [0.25, 0.3) is 0 Å². The topological polar surface area (TPSA) is 84.2 Å². The van der Waals surface area contributed by atoms with E-state index in [4.69, 9.17) is 0 Å². The Morgan fingerprint density at radius 1 is 0.814 bits per heavy atom. The van der Waals surface area contributed by atoms with Gasteiger partial charge in [-0.15, -0.1) is 0 Å². The molecule has 4 atom stereocenters. The lowest BCUT2D eigenvalue weighted by Crippen LogP contribution is -2.63. The van der Waals surface area contributed by atoms with E-state index in [9.17, 15) is 19.5 Å². The summed E-state index contributed by atoms with van der Waals surface area (Å²) in [5, 5.41) is 9.92. The van der Waals surface area contributed by atoms with Crippen LogP contribution in [0.2, 0.25) is 0 Å². The fourth-order valence-electron chi connectivity index (χ4n) is 6.60. The Labute approximate surface area is 254 Å². The number of piperazine rings is 1. The summed E-state index contributed by atoms with van der Waals surface area (Å²) in [5.41, 5.74) is 1.31. The largest absolute Gasteiger partial charge is 0.479 e. The van der Waals surface area contributed by atoms with E-state index in [0.29, 0.717) is 26.2 Å². The van der Waals surface area contributed by atoms with Gasteiger partial charge in [0, 0.05) is 39.3 Å². The van der Waals surface area contributed by atoms with Crippen molar-refractivity contribution in [2.45, 2.75) is 50.9 Å². The highest BCUT2D eigenvalue weighted by Gasteiger charge is 2.57. The molecule has 8 nitrogen and oxygen atoms in total. The first-order chi connectivity index (χ1) is 20.5. The van der Waals surface area contributed by atoms with Crippen LogP contribution in [-0.4, -0.2) is 93.5 Å². The van der Waals surface area contributed by atoms with Crippen molar-refractivity contribution in [2.75, 3.05) is 33.2 Å². The van der Waals surface area contributed by atoms with Crippen LogP contribution in [0.15, 0.2) is 91.0 Å². The van der Waals surface area contributed by atoms with Crippen molar-refractivity contribution in [1.82, 2.24) is 19.6 Å². The number of nitrogens with zero attached hydrogens (tertiary/aromatic N) is 4. The van der Waals surface area contributed by atoms with Crippen LogP contribution in [-0.2, 0) is 15.1 Å². The highest BCUT2D eigenvalue weighted by molar-refractivity contribution is 5.88. The lowest BCUT2D eigenvalue weighted by molar-refractivity contribution is -0.151. The lowest BCUT2D eigenvalue weighted by Gasteiger charge is -2.45. The Morgan fingerprint density at radius 2 is 1.28 bits per heavy atom. The number of benzene rings is 3. The average molecular weight is 583 g/mol. The quantitative estimate of drug-likeness (QED) is 0.306. The van der Waals surface area contributed by atoms with Gasteiger partial charge in [-0.05, 0) is 36.5 Å². The van der Waals surface area contributed by atoms with E-state index in [1.54, 1.807) is 32.7 Å². The molecule has 0 spiro atoms. The second-order valence-electron chi connectivity index (χ2n) is 12.3. The van der Waals surface area contributed by atoms with Crippen molar-refractivity contribution in [3.63, 3.8) is 0 Å². The number of urea groups is 1. The third-order valence-corrected chi connectivity index (χ3v) is 9.62. The number of aliphatic carboxylic acids is 1. The minimum atomic E-state index is -1.34. The number of likely N-dealkylation sites (N-methyl/N-ethyl adjacent to an activating group) is 1. The summed E-state index contributed by atoms with van der Waals surface area (Å²) in [6, 6.07) is 30.2. The number of hydrogen-bond donors (Lipinski definition) is 1. The van der Waals surface area contributed by atoms with E-state index in [1.165, 1.54) is 4.90 Å². The van der Waals surface area contributed by atoms with Gasteiger partial charge < -0.3 is 19.8 Å². The van der Waals surface area contributed by atoms with E-state index in [-0.39, 0.29) is 29.9 Å². The van der Waals surface area contributed by atoms with Crippen LogP contribution in [0.3, 0.4) is 0 Å². The molecule has 0 radical (unpaired) electrons. The second-order valence-corrected chi connectivity index (χ2v) is 12.3. The first-order valence-electron chi connectivity index (χ1n) is 15.0. The maximum Gasteiger partial charge on any atom is 0.329 e. The van der Waals surface area contributed by atoms with Crippen molar-refractivity contribution in [3.8, 4) is 0 Å². The molecule has 2 aliphatic rings. The van der Waals surface area contributed by atoms with Crippen LogP contribution in [0.1, 0.15) is 44.4 Å². The molecule has 3 aromatic carbocycles. The molecule has 2 aliphatic heterocycles. The summed E-state index contributed by atoms with van der Waals surface area (Å²) in [7, 11) is 1.55. The number of amides is 3. The third-order valence-electron chi connectivity index (χ3n) is 9.62. The number of rotatable bonds is 8. The molecule has 3 aromatic rings. The van der Waals surface area contributed by atoms with E-state index in [2.05, 4.69) is 41.3 Å². The van der Waals surface area contributed by atoms with Gasteiger partial charge in [-0.25, -0.2) is 9.59 Å².